The number of hydrogen-bond acceptors (Lipinski definition) is 10. The molecule has 14 heteroatoms. The van der Waals surface area contributed by atoms with Crippen LogP contribution in [0.5, 0.6) is 0 Å². The number of rotatable bonds is 5. The maximum Gasteiger partial charge on any atom is 0.410 e. The molecule has 2 aromatic heterocycles. The van der Waals surface area contributed by atoms with Gasteiger partial charge in [0, 0.05) is 18.7 Å². The van der Waals surface area contributed by atoms with Crippen LogP contribution in [0.25, 0.3) is 0 Å². The Morgan fingerprint density at radius 2 is 1.79 bits per heavy atom. The van der Waals surface area contributed by atoms with Crippen LogP contribution in [-0.2, 0) is 40.2 Å². The molecule has 1 aliphatic carbocycles. The fourth-order valence-corrected chi connectivity index (χ4v) is 4.46. The predicted molar refractivity (Wildman–Crippen MR) is 153 cm³/mol. The van der Waals surface area contributed by atoms with Crippen molar-refractivity contribution in [1.82, 2.24) is 34.7 Å². The Morgan fingerprint density at radius 3 is 2.44 bits per heavy atom. The van der Waals surface area contributed by atoms with Crippen LogP contribution in [0, 0.1) is 0 Å². The monoisotopic (exact) mass is 593 g/mol. The lowest BCUT2D eigenvalue weighted by molar-refractivity contribution is -0.100. The molecule has 228 valence electrons. The maximum absolute atomic E-state index is 11.8. The van der Waals surface area contributed by atoms with Gasteiger partial charge in [0.1, 0.15) is 25.1 Å². The first kappa shape index (κ1) is 31.1. The van der Waals surface area contributed by atoms with Gasteiger partial charge in [0.05, 0.1) is 36.0 Å². The number of aromatic nitrogens is 5. The zero-order valence-electron chi connectivity index (χ0n) is 24.4. The molecule has 6 rings (SSSR count). The molecule has 0 atom stereocenters. The summed E-state index contributed by atoms with van der Waals surface area (Å²) in [5, 5.41) is 8.52. The molecule has 0 bridgehead atoms. The summed E-state index contributed by atoms with van der Waals surface area (Å²) in [7, 11) is 0. The van der Waals surface area contributed by atoms with E-state index in [9.17, 15) is 19.2 Å². The minimum Gasteiger partial charge on any atom is -0.499 e. The van der Waals surface area contributed by atoms with Crippen LogP contribution in [-0.4, -0.2) is 78.0 Å². The number of H-pyrrole nitrogens is 1. The number of carbonyl (C=O) groups excluding carboxylic acids is 3. The van der Waals surface area contributed by atoms with Crippen molar-refractivity contribution in [2.75, 3.05) is 19.8 Å². The van der Waals surface area contributed by atoms with Crippen molar-refractivity contribution in [2.24, 2.45) is 0 Å². The van der Waals surface area contributed by atoms with Crippen LogP contribution in [0.3, 0.4) is 0 Å². The van der Waals surface area contributed by atoms with Crippen molar-refractivity contribution < 1.29 is 28.7 Å². The molecule has 14 nitrogen and oxygen atoms in total. The summed E-state index contributed by atoms with van der Waals surface area (Å²) < 4.78 is 12.1. The SMILES string of the molecule is C=COCCON1C(=O)c2ccccc2C1=O.CC(C)(C)OC(=O)N1CCn2cnnc2C1.O=c1[nH]cnc2c1CCC2. The van der Waals surface area contributed by atoms with Crippen molar-refractivity contribution >= 4 is 17.9 Å². The van der Waals surface area contributed by atoms with Gasteiger partial charge in [-0.3, -0.25) is 24.1 Å². The molecule has 3 aliphatic rings. The average molecular weight is 594 g/mol. The number of nitrogens with zero attached hydrogens (tertiary/aromatic N) is 6. The Labute approximate surface area is 248 Å². The van der Waals surface area contributed by atoms with Gasteiger partial charge in [-0.05, 0) is 52.2 Å². The second kappa shape index (κ2) is 13.9. The zero-order valence-corrected chi connectivity index (χ0v) is 24.4. The number of benzene rings is 1. The minimum atomic E-state index is -0.456. The Hall–Kier alpha value is -4.85. The smallest absolute Gasteiger partial charge is 0.410 e. The van der Waals surface area contributed by atoms with E-state index >= 15 is 0 Å². The lowest BCUT2D eigenvalue weighted by Crippen LogP contribution is -2.41. The molecule has 1 N–H and O–H groups in total. The molecule has 43 heavy (non-hydrogen) atoms. The lowest BCUT2D eigenvalue weighted by Gasteiger charge is -2.29. The fourth-order valence-electron chi connectivity index (χ4n) is 4.46. The molecular formula is C29H35N7O7. The molecule has 4 heterocycles. The highest BCUT2D eigenvalue weighted by atomic mass is 16.7. The standard InChI is InChI=1S/C12H11NO4.C10H16N4O2.C7H8N2O/c1-2-16-7-8-17-13-11(14)9-5-3-4-6-10(9)12(13)15;1-10(2,3)16-9(15)13-4-5-14-7-11-12-8(14)6-13;10-7-5-2-1-3-6(5)8-4-9-7/h2-6H,1,7-8H2;7H,4-6H2,1-3H3;4H,1-3H2,(H,8,9,10). The number of ether oxygens (including phenoxy) is 2. The molecule has 0 saturated carbocycles. The number of hydrogen-bond donors (Lipinski definition) is 1. The third kappa shape index (κ3) is 7.92. The molecule has 0 spiro atoms. The topological polar surface area (TPSA) is 162 Å². The summed E-state index contributed by atoms with van der Waals surface area (Å²) in [6.45, 7) is 11.1. The first-order valence-corrected chi connectivity index (χ1v) is 13.8. The second-order valence-corrected chi connectivity index (χ2v) is 10.7. The van der Waals surface area contributed by atoms with Crippen LogP contribution < -0.4 is 5.56 Å². The molecule has 0 fully saturated rings. The van der Waals surface area contributed by atoms with E-state index in [1.807, 2.05) is 25.3 Å². The van der Waals surface area contributed by atoms with Gasteiger partial charge >= 0.3 is 6.09 Å². The van der Waals surface area contributed by atoms with Crippen LogP contribution in [0.4, 0.5) is 4.79 Å². The number of aromatic amines is 1. The van der Waals surface area contributed by atoms with E-state index in [4.69, 9.17) is 14.3 Å². The summed E-state index contributed by atoms with van der Waals surface area (Å²) in [5.74, 6) is -0.0782. The number of nitrogens with one attached hydrogen (secondary N) is 1. The third-order valence-corrected chi connectivity index (χ3v) is 6.47. The van der Waals surface area contributed by atoms with Crippen molar-refractivity contribution in [3.05, 3.63) is 88.3 Å². The Bertz CT molecular complexity index is 1490. The Morgan fingerprint density at radius 1 is 1.07 bits per heavy atom. The highest BCUT2D eigenvalue weighted by Gasteiger charge is 2.36. The quantitative estimate of drug-likeness (QED) is 0.264. The minimum absolute atomic E-state index is 0.0440. The van der Waals surface area contributed by atoms with Gasteiger partial charge in [-0.1, -0.05) is 18.7 Å². The predicted octanol–water partition coefficient (Wildman–Crippen LogP) is 2.66. The molecule has 1 aromatic carbocycles. The van der Waals surface area contributed by atoms with Gasteiger partial charge in [-0.15, -0.1) is 15.3 Å². The first-order chi connectivity index (χ1) is 20.6. The number of fused-ring (bicyclic) bond motifs is 3. The van der Waals surface area contributed by atoms with Crippen molar-refractivity contribution in [3.63, 3.8) is 0 Å². The highest BCUT2D eigenvalue weighted by molar-refractivity contribution is 6.20. The summed E-state index contributed by atoms with van der Waals surface area (Å²) in [5.41, 5.74) is 2.19. The van der Waals surface area contributed by atoms with E-state index < -0.39 is 17.4 Å². The summed E-state index contributed by atoms with van der Waals surface area (Å²) in [4.78, 5) is 59.7. The summed E-state index contributed by atoms with van der Waals surface area (Å²) in [6.07, 6.45) is 7.09. The van der Waals surface area contributed by atoms with Gasteiger partial charge in [-0.25, -0.2) is 9.78 Å². The number of amides is 3. The van der Waals surface area contributed by atoms with Gasteiger partial charge in [0.15, 0.2) is 5.82 Å². The van der Waals surface area contributed by atoms with Crippen molar-refractivity contribution in [1.29, 1.82) is 0 Å². The van der Waals surface area contributed by atoms with E-state index in [2.05, 4.69) is 26.7 Å². The molecule has 2 aliphatic heterocycles. The fraction of sp³-hybridized carbons (Fsp3) is 0.414. The van der Waals surface area contributed by atoms with Crippen LogP contribution in [0.1, 0.15) is 65.0 Å². The molecule has 3 amide bonds. The van der Waals surface area contributed by atoms with Gasteiger partial charge < -0.3 is 19.0 Å². The second-order valence-electron chi connectivity index (χ2n) is 10.7. The third-order valence-electron chi connectivity index (χ3n) is 6.47. The van der Waals surface area contributed by atoms with Gasteiger partial charge in [-0.2, -0.15) is 0 Å². The molecular weight excluding hydrogens is 558 g/mol. The molecule has 0 radical (unpaired) electrons. The van der Waals surface area contributed by atoms with Crippen LogP contribution in [0.2, 0.25) is 0 Å². The van der Waals surface area contributed by atoms with Crippen molar-refractivity contribution in [2.45, 2.75) is 58.7 Å². The number of aryl methyl sites for hydroxylation is 1. The van der Waals surface area contributed by atoms with E-state index in [0.29, 0.717) is 24.2 Å². The van der Waals surface area contributed by atoms with Crippen molar-refractivity contribution in [3.8, 4) is 0 Å². The number of carbonyl (C=O) groups is 3. The van der Waals surface area contributed by atoms with Gasteiger partial charge in [0.2, 0.25) is 0 Å². The zero-order chi connectivity index (χ0) is 31.0. The first-order valence-electron chi connectivity index (χ1n) is 13.8. The van der Waals surface area contributed by atoms with E-state index in [1.54, 1.807) is 35.5 Å². The number of imide groups is 1. The van der Waals surface area contributed by atoms with E-state index in [0.717, 1.165) is 48.0 Å². The number of hydroxylamine groups is 2. The summed E-state index contributed by atoms with van der Waals surface area (Å²) in [6, 6.07) is 6.60. The van der Waals surface area contributed by atoms with Crippen LogP contribution >= 0.6 is 0 Å². The largest absolute Gasteiger partial charge is 0.499 e. The van der Waals surface area contributed by atoms with E-state index in [1.165, 1.54) is 12.6 Å². The van der Waals surface area contributed by atoms with Gasteiger partial charge in [0.25, 0.3) is 17.4 Å². The van der Waals surface area contributed by atoms with Crippen LogP contribution in [0.15, 0.2) is 54.6 Å². The Kier molecular flexibility index (Phi) is 10.0. The average Bonchev–Trinajstić information content (AvgIpc) is 3.71. The normalized spacial score (nSPS) is 14.9. The summed E-state index contributed by atoms with van der Waals surface area (Å²) >= 11 is 0. The molecule has 3 aromatic rings. The van der Waals surface area contributed by atoms with E-state index in [-0.39, 0.29) is 24.9 Å². The molecule has 0 saturated heterocycles. The Balaban J connectivity index is 0.000000152. The maximum atomic E-state index is 11.8. The molecule has 0 unspecified atom stereocenters. The highest BCUT2D eigenvalue weighted by Crippen LogP contribution is 2.22. The lowest BCUT2D eigenvalue weighted by atomic mass is 10.1.